The highest BCUT2D eigenvalue weighted by Gasteiger charge is 2.30. The second-order valence-corrected chi connectivity index (χ2v) is 6.56. The number of carbonyl (C=O) groups is 1. The van der Waals surface area contributed by atoms with Gasteiger partial charge in [0.15, 0.2) is 0 Å². The predicted octanol–water partition coefficient (Wildman–Crippen LogP) is 2.00. The second-order valence-electron chi connectivity index (χ2n) is 6.56. The van der Waals surface area contributed by atoms with Crippen LogP contribution in [0.25, 0.3) is 0 Å². The highest BCUT2D eigenvalue weighted by Crippen LogP contribution is 2.27. The molecule has 1 atom stereocenters. The number of nitrogen functional groups attached to an aromatic ring is 1. The Morgan fingerprint density at radius 1 is 1.23 bits per heavy atom. The zero-order valence-electron chi connectivity index (χ0n) is 13.4. The number of amides is 1. The third-order valence-corrected chi connectivity index (χ3v) is 5.22. The van der Waals surface area contributed by atoms with Crippen LogP contribution in [0.5, 0.6) is 0 Å². The minimum Gasteiger partial charge on any atom is -0.384 e. The fourth-order valence-corrected chi connectivity index (χ4v) is 3.76. The largest absolute Gasteiger partial charge is 0.384 e. The summed E-state index contributed by atoms with van der Waals surface area (Å²) in [6, 6.07) is 5.89. The molecule has 0 aliphatic carbocycles. The minimum absolute atomic E-state index is 0.0135. The monoisotopic (exact) mass is 302 g/mol. The zero-order valence-corrected chi connectivity index (χ0v) is 13.4. The number of carbonyl (C=O) groups excluding carboxylic acids is 1. The SMILES string of the molecule is C[C@@H](C1CCN(C(=O)c2cccc(N)n2)CC1)N1CCCC1. The van der Waals surface area contributed by atoms with Crippen LogP contribution in [0.4, 0.5) is 5.82 Å². The number of nitrogens with two attached hydrogens (primary N) is 1. The maximum Gasteiger partial charge on any atom is 0.272 e. The Labute approximate surface area is 132 Å². The summed E-state index contributed by atoms with van der Waals surface area (Å²) in [6.45, 7) is 6.50. The van der Waals surface area contributed by atoms with Crippen molar-refractivity contribution in [2.24, 2.45) is 5.92 Å². The lowest BCUT2D eigenvalue weighted by atomic mass is 9.89. The minimum atomic E-state index is 0.0135. The molecular formula is C17H26N4O. The number of hydrogen-bond donors (Lipinski definition) is 1. The standard InChI is InChI=1S/C17H26N4O/c1-13(20-9-2-3-10-20)14-7-11-21(12-8-14)17(22)15-5-4-6-16(18)19-15/h4-6,13-14H,2-3,7-12H2,1H3,(H2,18,19)/t13-/m0/s1. The highest BCUT2D eigenvalue weighted by atomic mass is 16.2. The molecule has 0 radical (unpaired) electrons. The van der Waals surface area contributed by atoms with Gasteiger partial charge in [-0.25, -0.2) is 4.98 Å². The van der Waals surface area contributed by atoms with E-state index in [0.717, 1.165) is 25.9 Å². The van der Waals surface area contributed by atoms with Crippen LogP contribution in [-0.4, -0.2) is 52.9 Å². The molecule has 2 fully saturated rings. The summed E-state index contributed by atoms with van der Waals surface area (Å²) >= 11 is 0. The lowest BCUT2D eigenvalue weighted by Gasteiger charge is -2.38. The molecule has 2 aliphatic rings. The Bertz CT molecular complexity index is 519. The van der Waals surface area contributed by atoms with Crippen molar-refractivity contribution in [3.05, 3.63) is 23.9 Å². The molecular weight excluding hydrogens is 276 g/mol. The number of pyridine rings is 1. The Balaban J connectivity index is 1.56. The van der Waals surface area contributed by atoms with E-state index in [1.54, 1.807) is 18.2 Å². The van der Waals surface area contributed by atoms with Crippen molar-refractivity contribution < 1.29 is 4.79 Å². The van der Waals surface area contributed by atoms with Gasteiger partial charge in [-0.2, -0.15) is 0 Å². The normalized spacial score (nSPS) is 22.0. The van der Waals surface area contributed by atoms with E-state index in [1.165, 1.54) is 25.9 Å². The van der Waals surface area contributed by atoms with Gasteiger partial charge < -0.3 is 15.5 Å². The lowest BCUT2D eigenvalue weighted by Crippen LogP contribution is -2.45. The van der Waals surface area contributed by atoms with Crippen molar-refractivity contribution >= 4 is 11.7 Å². The topological polar surface area (TPSA) is 62.5 Å². The summed E-state index contributed by atoms with van der Waals surface area (Å²) in [7, 11) is 0. The first-order valence-electron chi connectivity index (χ1n) is 8.41. The van der Waals surface area contributed by atoms with Gasteiger partial charge in [0.2, 0.25) is 0 Å². The molecule has 1 aromatic heterocycles. The maximum atomic E-state index is 12.5. The highest BCUT2D eigenvalue weighted by molar-refractivity contribution is 5.92. The molecule has 5 nitrogen and oxygen atoms in total. The van der Waals surface area contributed by atoms with E-state index in [0.29, 0.717) is 23.5 Å². The van der Waals surface area contributed by atoms with Crippen molar-refractivity contribution in [3.63, 3.8) is 0 Å². The molecule has 2 saturated heterocycles. The molecule has 3 rings (SSSR count). The Morgan fingerprint density at radius 2 is 1.91 bits per heavy atom. The number of nitrogens with zero attached hydrogens (tertiary/aromatic N) is 3. The molecule has 22 heavy (non-hydrogen) atoms. The maximum absolute atomic E-state index is 12.5. The van der Waals surface area contributed by atoms with Crippen molar-refractivity contribution in [3.8, 4) is 0 Å². The third kappa shape index (κ3) is 3.24. The van der Waals surface area contributed by atoms with E-state index in [-0.39, 0.29) is 5.91 Å². The summed E-state index contributed by atoms with van der Waals surface area (Å²) in [5.74, 6) is 1.12. The van der Waals surface area contributed by atoms with Gasteiger partial charge in [-0.1, -0.05) is 6.07 Å². The number of hydrogen-bond acceptors (Lipinski definition) is 4. The van der Waals surface area contributed by atoms with E-state index in [1.807, 2.05) is 4.90 Å². The fourth-order valence-electron chi connectivity index (χ4n) is 3.76. The molecule has 2 aliphatic heterocycles. The quantitative estimate of drug-likeness (QED) is 0.927. The molecule has 5 heteroatoms. The number of piperidine rings is 1. The van der Waals surface area contributed by atoms with Crippen LogP contribution in [0.3, 0.4) is 0 Å². The van der Waals surface area contributed by atoms with Crippen molar-refractivity contribution in [2.45, 2.75) is 38.6 Å². The fraction of sp³-hybridized carbons (Fsp3) is 0.647. The van der Waals surface area contributed by atoms with E-state index in [4.69, 9.17) is 5.73 Å². The van der Waals surface area contributed by atoms with Gasteiger partial charge in [-0.05, 0) is 63.7 Å². The molecule has 0 bridgehead atoms. The van der Waals surface area contributed by atoms with Gasteiger partial charge in [0, 0.05) is 19.1 Å². The van der Waals surface area contributed by atoms with Crippen molar-refractivity contribution in [2.75, 3.05) is 31.9 Å². The molecule has 2 N–H and O–H groups in total. The zero-order chi connectivity index (χ0) is 15.5. The molecule has 1 amide bonds. The number of aromatic nitrogens is 1. The molecule has 0 saturated carbocycles. The van der Waals surface area contributed by atoms with Gasteiger partial charge >= 0.3 is 0 Å². The predicted molar refractivity (Wildman–Crippen MR) is 87.5 cm³/mol. The summed E-state index contributed by atoms with van der Waals surface area (Å²) in [6.07, 6.45) is 4.85. The van der Waals surface area contributed by atoms with Crippen LogP contribution in [0.15, 0.2) is 18.2 Å². The molecule has 3 heterocycles. The van der Waals surface area contributed by atoms with Crippen LogP contribution in [0.2, 0.25) is 0 Å². The third-order valence-electron chi connectivity index (χ3n) is 5.22. The van der Waals surface area contributed by atoms with Gasteiger partial charge in [0.1, 0.15) is 11.5 Å². The smallest absolute Gasteiger partial charge is 0.272 e. The van der Waals surface area contributed by atoms with Crippen LogP contribution in [0, 0.1) is 5.92 Å². The van der Waals surface area contributed by atoms with Crippen LogP contribution >= 0.6 is 0 Å². The molecule has 0 aromatic carbocycles. The van der Waals surface area contributed by atoms with E-state index in [9.17, 15) is 4.79 Å². The summed E-state index contributed by atoms with van der Waals surface area (Å²) in [5.41, 5.74) is 6.13. The second kappa shape index (κ2) is 6.65. The number of likely N-dealkylation sites (tertiary alicyclic amines) is 2. The van der Waals surface area contributed by atoms with Gasteiger partial charge in [0.25, 0.3) is 5.91 Å². The van der Waals surface area contributed by atoms with Gasteiger partial charge in [-0.3, -0.25) is 4.79 Å². The average molecular weight is 302 g/mol. The van der Waals surface area contributed by atoms with Crippen LogP contribution in [0.1, 0.15) is 43.1 Å². The van der Waals surface area contributed by atoms with Gasteiger partial charge in [-0.15, -0.1) is 0 Å². The summed E-state index contributed by atoms with van der Waals surface area (Å²) in [4.78, 5) is 21.2. The number of anilines is 1. The van der Waals surface area contributed by atoms with Crippen LogP contribution in [-0.2, 0) is 0 Å². The molecule has 0 spiro atoms. The van der Waals surface area contributed by atoms with E-state index < -0.39 is 0 Å². The number of rotatable bonds is 3. The Hall–Kier alpha value is -1.62. The van der Waals surface area contributed by atoms with Crippen molar-refractivity contribution in [1.82, 2.24) is 14.8 Å². The molecule has 120 valence electrons. The summed E-state index contributed by atoms with van der Waals surface area (Å²) < 4.78 is 0. The Morgan fingerprint density at radius 3 is 2.55 bits per heavy atom. The average Bonchev–Trinajstić information content (AvgIpc) is 3.08. The lowest BCUT2D eigenvalue weighted by molar-refractivity contribution is 0.0619. The molecule has 1 aromatic rings. The van der Waals surface area contributed by atoms with Gasteiger partial charge in [0.05, 0.1) is 0 Å². The first-order valence-corrected chi connectivity index (χ1v) is 8.41. The van der Waals surface area contributed by atoms with Crippen molar-refractivity contribution in [1.29, 1.82) is 0 Å². The van der Waals surface area contributed by atoms with E-state index in [2.05, 4.69) is 16.8 Å². The Kier molecular flexibility index (Phi) is 4.62. The first-order chi connectivity index (χ1) is 10.6. The first kappa shape index (κ1) is 15.3. The molecule has 0 unspecified atom stereocenters. The van der Waals surface area contributed by atoms with Crippen LogP contribution < -0.4 is 5.73 Å². The summed E-state index contributed by atoms with van der Waals surface area (Å²) in [5, 5.41) is 0. The van der Waals surface area contributed by atoms with E-state index >= 15 is 0 Å².